The highest BCUT2D eigenvalue weighted by molar-refractivity contribution is 7.89. The minimum Gasteiger partial charge on any atom is -0.345 e. The van der Waals surface area contributed by atoms with E-state index in [0.29, 0.717) is 61.2 Å². The van der Waals surface area contributed by atoms with Crippen LogP contribution in [0.4, 0.5) is 19.0 Å². The molecule has 0 atom stereocenters. The summed E-state index contributed by atoms with van der Waals surface area (Å²) < 4.78 is 81.6. The van der Waals surface area contributed by atoms with E-state index in [0.717, 1.165) is 15.8 Å². The Bertz CT molecular complexity index is 2830. The van der Waals surface area contributed by atoms with Crippen molar-refractivity contribution in [2.24, 2.45) is 0 Å². The molecule has 2 aromatic heterocycles. The normalized spacial score (nSPS) is 15.2. The van der Waals surface area contributed by atoms with Gasteiger partial charge in [-0.15, -0.1) is 22.7 Å². The standard InChI is InChI=1S/2C20H16ClFN4O2S2/c21-16-9-15(10-17(22)11-16)18-13-29-20(24-18)25-5-7-26(8-6-25)30(27,28)19-4-2-1-3-14(19)12-23;21-16-11-14(5-6-17(16)22)18-13-29-20(24-18)25-7-9-26(10-8-25)30(27,28)19-4-2-1-3-15(19)12-23/h1-4,9-11,13H,5-8H2;1-6,11,13H,7-10H2. The lowest BCUT2D eigenvalue weighted by Crippen LogP contribution is -2.48. The van der Waals surface area contributed by atoms with Crippen LogP contribution in [0.3, 0.4) is 0 Å². The van der Waals surface area contributed by atoms with Crippen molar-refractivity contribution in [3.63, 3.8) is 0 Å². The molecule has 0 N–H and O–H groups in total. The molecule has 20 heteroatoms. The maximum Gasteiger partial charge on any atom is 0.244 e. The third kappa shape index (κ3) is 9.31. The average molecular weight is 926 g/mol. The SMILES string of the molecule is N#Cc1ccccc1S(=O)(=O)N1CCN(c2nc(-c3cc(F)cc(Cl)c3)cs2)CC1.N#Cc1ccccc1S(=O)(=O)N1CCN(c2nc(-c3ccc(F)c(Cl)c3)cs2)CC1. The summed E-state index contributed by atoms with van der Waals surface area (Å²) in [6, 6.07) is 25.0. The fourth-order valence-electron chi connectivity index (χ4n) is 6.53. The van der Waals surface area contributed by atoms with Crippen LogP contribution >= 0.6 is 45.9 Å². The molecule has 2 aliphatic heterocycles. The molecule has 0 radical (unpaired) electrons. The summed E-state index contributed by atoms with van der Waals surface area (Å²) in [5, 5.41) is 24.0. The number of sulfonamides is 2. The van der Waals surface area contributed by atoms with E-state index in [1.807, 2.05) is 32.7 Å². The van der Waals surface area contributed by atoms with Crippen LogP contribution in [-0.2, 0) is 20.0 Å². The van der Waals surface area contributed by atoms with Gasteiger partial charge in [-0.3, -0.25) is 0 Å². The smallest absolute Gasteiger partial charge is 0.244 e. The van der Waals surface area contributed by atoms with E-state index in [1.165, 1.54) is 79.8 Å². The highest BCUT2D eigenvalue weighted by Crippen LogP contribution is 2.33. The van der Waals surface area contributed by atoms with Crippen LogP contribution in [0.25, 0.3) is 22.5 Å². The predicted octanol–water partition coefficient (Wildman–Crippen LogP) is 7.97. The summed E-state index contributed by atoms with van der Waals surface area (Å²) in [6.45, 7) is 3.02. The minimum atomic E-state index is -3.75. The molecule has 60 heavy (non-hydrogen) atoms. The van der Waals surface area contributed by atoms with Crippen molar-refractivity contribution in [2.45, 2.75) is 9.79 Å². The second-order valence-electron chi connectivity index (χ2n) is 13.3. The highest BCUT2D eigenvalue weighted by atomic mass is 35.5. The largest absolute Gasteiger partial charge is 0.345 e. The van der Waals surface area contributed by atoms with Gasteiger partial charge in [0.05, 0.1) is 37.3 Å². The summed E-state index contributed by atoms with van der Waals surface area (Å²) in [4.78, 5) is 13.2. The topological polar surface area (TPSA) is 155 Å². The Labute approximate surface area is 363 Å². The Morgan fingerprint density at radius 1 is 0.600 bits per heavy atom. The Morgan fingerprint density at radius 2 is 1.07 bits per heavy atom. The Balaban J connectivity index is 0.000000181. The summed E-state index contributed by atoms with van der Waals surface area (Å²) in [6.07, 6.45) is 0. The first-order valence-corrected chi connectivity index (χ1v) is 23.5. The van der Waals surface area contributed by atoms with Crippen LogP contribution in [0.5, 0.6) is 0 Å². The molecule has 0 aliphatic carbocycles. The van der Waals surface area contributed by atoms with E-state index in [1.54, 1.807) is 36.4 Å². The van der Waals surface area contributed by atoms with Crippen molar-refractivity contribution in [3.05, 3.63) is 128 Å². The van der Waals surface area contributed by atoms with Gasteiger partial charge in [0.15, 0.2) is 10.3 Å². The van der Waals surface area contributed by atoms with Gasteiger partial charge in [0, 0.05) is 79.3 Å². The molecule has 0 unspecified atom stereocenters. The van der Waals surface area contributed by atoms with Crippen molar-refractivity contribution < 1.29 is 25.6 Å². The van der Waals surface area contributed by atoms with E-state index < -0.39 is 31.7 Å². The number of aromatic nitrogens is 2. The van der Waals surface area contributed by atoms with E-state index in [9.17, 15) is 36.1 Å². The first kappa shape index (κ1) is 43.1. The van der Waals surface area contributed by atoms with Crippen LogP contribution in [0.1, 0.15) is 11.1 Å². The van der Waals surface area contributed by atoms with Crippen molar-refractivity contribution in [3.8, 4) is 34.7 Å². The van der Waals surface area contributed by atoms with Gasteiger partial charge in [-0.1, -0.05) is 47.5 Å². The van der Waals surface area contributed by atoms with Crippen LogP contribution in [0, 0.1) is 34.3 Å². The summed E-state index contributed by atoms with van der Waals surface area (Å²) in [7, 11) is -7.49. The number of thiazole rings is 2. The quantitative estimate of drug-likeness (QED) is 0.147. The molecule has 0 amide bonds. The van der Waals surface area contributed by atoms with Gasteiger partial charge in [0.25, 0.3) is 0 Å². The molecule has 2 saturated heterocycles. The molecular weight excluding hydrogens is 894 g/mol. The summed E-state index contributed by atoms with van der Waals surface area (Å²) in [5.41, 5.74) is 2.90. The van der Waals surface area contributed by atoms with Gasteiger partial charge in [-0.25, -0.2) is 35.6 Å². The summed E-state index contributed by atoms with van der Waals surface area (Å²) in [5.74, 6) is -0.908. The third-order valence-electron chi connectivity index (χ3n) is 9.63. The fourth-order valence-corrected chi connectivity index (χ4v) is 11.8. The maximum atomic E-state index is 13.6. The Morgan fingerprint density at radius 3 is 1.52 bits per heavy atom. The molecule has 4 aromatic carbocycles. The van der Waals surface area contributed by atoms with E-state index in [-0.39, 0.29) is 39.0 Å². The zero-order valence-corrected chi connectivity index (χ0v) is 36.0. The second-order valence-corrected chi connectivity index (χ2v) is 19.6. The van der Waals surface area contributed by atoms with Crippen LogP contribution in [0.15, 0.2) is 105 Å². The lowest BCUT2D eigenvalue weighted by atomic mass is 10.2. The van der Waals surface area contributed by atoms with Gasteiger partial charge in [0.1, 0.15) is 23.8 Å². The van der Waals surface area contributed by atoms with E-state index in [2.05, 4.69) is 9.97 Å². The van der Waals surface area contributed by atoms with E-state index >= 15 is 0 Å². The maximum absolute atomic E-state index is 13.6. The number of piperazine rings is 2. The monoisotopic (exact) mass is 924 g/mol. The van der Waals surface area contributed by atoms with Crippen LogP contribution < -0.4 is 9.80 Å². The molecule has 0 saturated carbocycles. The number of benzene rings is 4. The van der Waals surface area contributed by atoms with Gasteiger partial charge >= 0.3 is 0 Å². The molecule has 308 valence electrons. The number of nitrogens with zero attached hydrogens (tertiary/aromatic N) is 8. The van der Waals surface area contributed by atoms with E-state index in [4.69, 9.17) is 23.2 Å². The lowest BCUT2D eigenvalue weighted by molar-refractivity contribution is 0.384. The number of anilines is 2. The van der Waals surface area contributed by atoms with Crippen LogP contribution in [0.2, 0.25) is 10.0 Å². The fraction of sp³-hybridized carbons (Fsp3) is 0.200. The first-order valence-electron chi connectivity index (χ1n) is 18.1. The zero-order valence-electron chi connectivity index (χ0n) is 31.3. The zero-order chi connectivity index (χ0) is 42.6. The number of nitriles is 2. The van der Waals surface area contributed by atoms with Crippen molar-refractivity contribution in [1.82, 2.24) is 18.6 Å². The molecular formula is C40H32Cl2F2N8O4S4. The predicted molar refractivity (Wildman–Crippen MR) is 229 cm³/mol. The van der Waals surface area contributed by atoms with Gasteiger partial charge in [-0.05, 0) is 60.7 Å². The van der Waals surface area contributed by atoms with Gasteiger partial charge in [-0.2, -0.15) is 19.1 Å². The number of halogens is 4. The average Bonchev–Trinajstić information content (AvgIpc) is 3.97. The van der Waals surface area contributed by atoms with Crippen molar-refractivity contribution >= 4 is 76.2 Å². The van der Waals surface area contributed by atoms with Gasteiger partial charge in [0.2, 0.25) is 20.0 Å². The van der Waals surface area contributed by atoms with Crippen molar-refractivity contribution in [1.29, 1.82) is 10.5 Å². The second kappa shape index (κ2) is 18.3. The third-order valence-corrected chi connectivity index (χ3v) is 15.9. The molecule has 6 aromatic rings. The number of hydrogen-bond acceptors (Lipinski definition) is 12. The van der Waals surface area contributed by atoms with Crippen molar-refractivity contribution in [2.75, 3.05) is 62.2 Å². The number of hydrogen-bond donors (Lipinski definition) is 0. The Kier molecular flexibility index (Phi) is 13.1. The lowest BCUT2D eigenvalue weighted by Gasteiger charge is -2.33. The molecule has 12 nitrogen and oxygen atoms in total. The molecule has 4 heterocycles. The minimum absolute atomic E-state index is 0.0282. The molecule has 0 spiro atoms. The molecule has 2 aliphatic rings. The molecule has 8 rings (SSSR count). The summed E-state index contributed by atoms with van der Waals surface area (Å²) >= 11 is 14.6. The highest BCUT2D eigenvalue weighted by Gasteiger charge is 2.32. The first-order chi connectivity index (χ1) is 28.8. The molecule has 2 fully saturated rings. The Hall–Kier alpha value is -5.02. The van der Waals surface area contributed by atoms with Gasteiger partial charge < -0.3 is 9.80 Å². The molecule has 0 bridgehead atoms. The van der Waals surface area contributed by atoms with Crippen LogP contribution in [-0.4, -0.2) is 87.8 Å². The number of rotatable bonds is 8.